The van der Waals surface area contributed by atoms with Gasteiger partial charge in [-0.15, -0.1) is 0 Å². The van der Waals surface area contributed by atoms with Gasteiger partial charge >= 0.3 is 0 Å². The van der Waals surface area contributed by atoms with E-state index < -0.39 is 0 Å². The number of carbonyl (C=O) groups is 2. The maximum absolute atomic E-state index is 14.1. The molecule has 9 heteroatoms. The van der Waals surface area contributed by atoms with Crippen molar-refractivity contribution in [2.24, 2.45) is 23.7 Å². The fourth-order valence-electron chi connectivity index (χ4n) is 8.57. The van der Waals surface area contributed by atoms with Crippen LogP contribution in [0.15, 0.2) is 0 Å². The summed E-state index contributed by atoms with van der Waals surface area (Å²) < 4.78 is 17.8. The summed E-state index contributed by atoms with van der Waals surface area (Å²) in [6.45, 7) is 3.02. The van der Waals surface area contributed by atoms with Crippen LogP contribution in [0.1, 0.15) is 44.9 Å². The van der Waals surface area contributed by atoms with Crippen molar-refractivity contribution in [1.82, 2.24) is 10.2 Å². The second-order valence-corrected chi connectivity index (χ2v) is 12.2. The van der Waals surface area contributed by atoms with Gasteiger partial charge in [-0.05, 0) is 43.9 Å². The normalized spacial score (nSPS) is 41.6. The van der Waals surface area contributed by atoms with Crippen molar-refractivity contribution < 1.29 is 34.0 Å². The first-order valence-electron chi connectivity index (χ1n) is 14.3. The lowest BCUT2D eigenvalue weighted by molar-refractivity contribution is -0.858. The van der Waals surface area contributed by atoms with E-state index in [1.165, 1.54) is 11.3 Å². The van der Waals surface area contributed by atoms with Crippen LogP contribution in [-0.4, -0.2) is 108 Å². The van der Waals surface area contributed by atoms with Crippen LogP contribution in [0, 0.1) is 23.7 Å². The van der Waals surface area contributed by atoms with Crippen LogP contribution in [0.2, 0.25) is 0 Å². The van der Waals surface area contributed by atoms with E-state index in [4.69, 9.17) is 14.2 Å². The highest BCUT2D eigenvalue weighted by Gasteiger charge is 2.65. The topological polar surface area (TPSA) is 98.1 Å². The molecule has 2 aliphatic carbocycles. The van der Waals surface area contributed by atoms with Gasteiger partial charge < -0.3 is 34.6 Å². The Morgan fingerprint density at radius 3 is 2.67 bits per heavy atom. The molecular weight excluding hydrogens is 460 g/mol. The Kier molecular flexibility index (Phi) is 8.22. The number of rotatable bonds is 9. The summed E-state index contributed by atoms with van der Waals surface area (Å²) >= 11 is 0. The molecule has 2 saturated carbocycles. The third-order valence-electron chi connectivity index (χ3n) is 10.0. The first-order valence-corrected chi connectivity index (χ1v) is 14.3. The van der Waals surface area contributed by atoms with E-state index in [9.17, 15) is 9.59 Å². The van der Waals surface area contributed by atoms with Gasteiger partial charge in [0.15, 0.2) is 0 Å². The Morgan fingerprint density at radius 1 is 1.08 bits per heavy atom. The Balaban J connectivity index is 1.24. The van der Waals surface area contributed by atoms with Gasteiger partial charge in [0.25, 0.3) is 0 Å². The zero-order chi connectivity index (χ0) is 25.4. The Hall–Kier alpha value is -1.26. The quantitative estimate of drug-likeness (QED) is 0.327. The van der Waals surface area contributed by atoms with Crippen molar-refractivity contribution in [2.45, 2.75) is 81.4 Å². The minimum Gasteiger partial charge on any atom is -0.379 e. The number of ether oxygens (including phenoxy) is 3. The number of amides is 2. The van der Waals surface area contributed by atoms with Crippen LogP contribution in [-0.2, 0) is 23.8 Å². The van der Waals surface area contributed by atoms with Gasteiger partial charge in [-0.25, -0.2) is 0 Å². The van der Waals surface area contributed by atoms with Crippen LogP contribution in [0.4, 0.5) is 0 Å². The summed E-state index contributed by atoms with van der Waals surface area (Å²) in [5, 5.41) is 5.53. The van der Waals surface area contributed by atoms with Gasteiger partial charge in [-0.3, -0.25) is 9.59 Å². The number of fused-ring (bicyclic) bond motifs is 5. The highest BCUT2D eigenvalue weighted by Crippen LogP contribution is 2.53. The molecule has 0 aromatic rings. The molecule has 5 fully saturated rings. The molecule has 5 aliphatic rings. The molecule has 4 N–H and O–H groups in total. The number of nitrogens with two attached hydrogens (primary N) is 1. The summed E-state index contributed by atoms with van der Waals surface area (Å²) in [6, 6.07) is 1.09. The van der Waals surface area contributed by atoms with Crippen molar-refractivity contribution in [3.63, 3.8) is 0 Å². The molecule has 10 atom stereocenters. The number of quaternary nitrogens is 2. The summed E-state index contributed by atoms with van der Waals surface area (Å²) in [5.74, 6) is 1.57. The molecule has 9 nitrogen and oxygen atoms in total. The zero-order valence-electron chi connectivity index (χ0n) is 22.6. The number of hydrogen-bond acceptors (Lipinski definition) is 5. The summed E-state index contributed by atoms with van der Waals surface area (Å²) in [7, 11) is 7.73. The third-order valence-corrected chi connectivity index (χ3v) is 10.0. The third kappa shape index (κ3) is 4.82. The van der Waals surface area contributed by atoms with Crippen molar-refractivity contribution in [3.05, 3.63) is 0 Å². The molecular formula is C27H48N4O5+2. The van der Waals surface area contributed by atoms with Crippen molar-refractivity contribution in [2.75, 3.05) is 54.6 Å². The second-order valence-electron chi connectivity index (χ2n) is 12.2. The van der Waals surface area contributed by atoms with E-state index in [2.05, 4.69) is 29.6 Å². The van der Waals surface area contributed by atoms with E-state index in [0.717, 1.165) is 51.6 Å². The fraction of sp³-hybridized carbons (Fsp3) is 0.926. The van der Waals surface area contributed by atoms with Gasteiger partial charge in [0, 0.05) is 45.6 Å². The Labute approximate surface area is 215 Å². The zero-order valence-corrected chi connectivity index (χ0v) is 22.6. The van der Waals surface area contributed by atoms with Gasteiger partial charge in [-0.2, -0.15) is 0 Å². The van der Waals surface area contributed by atoms with Crippen LogP contribution in [0.5, 0.6) is 0 Å². The van der Waals surface area contributed by atoms with E-state index in [1.54, 1.807) is 14.2 Å². The van der Waals surface area contributed by atoms with Crippen molar-refractivity contribution >= 4 is 11.8 Å². The molecule has 204 valence electrons. The number of nitrogens with zero attached hydrogens (tertiary/aromatic N) is 1. The average Bonchev–Trinajstić information content (AvgIpc) is 3.22. The van der Waals surface area contributed by atoms with E-state index in [0.29, 0.717) is 48.3 Å². The molecule has 3 heterocycles. The molecule has 3 aliphatic heterocycles. The first kappa shape index (κ1) is 26.4. The molecule has 0 aromatic carbocycles. The maximum atomic E-state index is 14.1. The number of methoxy groups -OCH3 is 2. The lowest BCUT2D eigenvalue weighted by atomic mass is 9.64. The molecule has 36 heavy (non-hydrogen) atoms. The van der Waals surface area contributed by atoms with Crippen LogP contribution in [0.25, 0.3) is 0 Å². The molecule has 10 unspecified atom stereocenters. The maximum Gasteiger partial charge on any atom is 0.246 e. The van der Waals surface area contributed by atoms with Crippen molar-refractivity contribution in [1.29, 1.82) is 0 Å². The SMILES string of the molecule is COC1CCC2C3[NH2+]CCC4C5CC(OCC(=O)NCCC[NH+](C)C)CCC5N(C(=O)C2C1OC)C43. The number of piperidine rings is 2. The minimum atomic E-state index is -0.160. The second kappa shape index (κ2) is 11.2. The van der Waals surface area contributed by atoms with Gasteiger partial charge in [0.05, 0.1) is 57.5 Å². The van der Waals surface area contributed by atoms with E-state index >= 15 is 0 Å². The Morgan fingerprint density at radius 2 is 1.92 bits per heavy atom. The summed E-state index contributed by atoms with van der Waals surface area (Å²) in [4.78, 5) is 30.1. The summed E-state index contributed by atoms with van der Waals surface area (Å²) in [5.41, 5.74) is 0. The number of nitrogens with one attached hydrogen (secondary N) is 2. The number of carbonyl (C=O) groups excluding carboxylic acids is 2. The molecule has 2 amide bonds. The molecule has 0 spiro atoms. The molecule has 5 rings (SSSR count). The fourth-order valence-corrected chi connectivity index (χ4v) is 8.57. The van der Waals surface area contributed by atoms with Gasteiger partial charge in [0.2, 0.25) is 11.8 Å². The standard InChI is InChI=1S/C27H46N4O5/c1-30(2)13-5-11-28-22(32)15-36-16-6-8-20-19(14-16)17-10-12-29-24-18-7-9-21(34-3)26(35-4)23(18)27(33)31(20)25(17)24/h16-21,23-26,29H,5-15H2,1-4H3,(H,28,32)/p+2. The predicted molar refractivity (Wildman–Crippen MR) is 133 cm³/mol. The van der Waals surface area contributed by atoms with Gasteiger partial charge in [0.1, 0.15) is 12.6 Å². The highest BCUT2D eigenvalue weighted by molar-refractivity contribution is 5.82. The van der Waals surface area contributed by atoms with Crippen LogP contribution in [0.3, 0.4) is 0 Å². The van der Waals surface area contributed by atoms with Crippen LogP contribution >= 0.6 is 0 Å². The molecule has 0 bridgehead atoms. The largest absolute Gasteiger partial charge is 0.379 e. The lowest BCUT2D eigenvalue weighted by Gasteiger charge is -2.53. The molecule has 0 radical (unpaired) electrons. The summed E-state index contributed by atoms with van der Waals surface area (Å²) in [6.07, 6.45) is 6.93. The van der Waals surface area contributed by atoms with E-state index in [-0.39, 0.29) is 36.7 Å². The molecule has 3 saturated heterocycles. The van der Waals surface area contributed by atoms with Crippen molar-refractivity contribution in [3.8, 4) is 0 Å². The van der Waals surface area contributed by atoms with Crippen LogP contribution < -0.4 is 15.5 Å². The molecule has 0 aromatic heterocycles. The van der Waals surface area contributed by atoms with Gasteiger partial charge in [-0.1, -0.05) is 0 Å². The lowest BCUT2D eigenvalue weighted by Crippen LogP contribution is -3.05. The predicted octanol–water partition coefficient (Wildman–Crippen LogP) is -1.58. The Bertz CT molecular complexity index is 796. The monoisotopic (exact) mass is 508 g/mol. The number of hydrogen-bond donors (Lipinski definition) is 3. The first-order chi connectivity index (χ1) is 17.4. The van der Waals surface area contributed by atoms with E-state index in [1.807, 2.05) is 0 Å². The highest BCUT2D eigenvalue weighted by atomic mass is 16.5. The smallest absolute Gasteiger partial charge is 0.246 e. The average molecular weight is 509 g/mol. The minimum absolute atomic E-state index is 0.00560.